The molecule has 0 radical (unpaired) electrons. The van der Waals surface area contributed by atoms with E-state index in [-0.39, 0.29) is 18.1 Å². The molecule has 0 aliphatic heterocycles. The lowest BCUT2D eigenvalue weighted by molar-refractivity contribution is -0.140. The molecule has 5 nitrogen and oxygen atoms in total. The maximum Gasteiger partial charge on any atom is 0.305 e. The minimum absolute atomic E-state index is 0.0205. The molecule has 1 saturated carbocycles. The van der Waals surface area contributed by atoms with Gasteiger partial charge in [-0.05, 0) is 37.1 Å². The second-order valence-electron chi connectivity index (χ2n) is 5.77. The maximum atomic E-state index is 12.6. The summed E-state index contributed by atoms with van der Waals surface area (Å²) >= 11 is 0. The van der Waals surface area contributed by atoms with Gasteiger partial charge in [0, 0.05) is 12.6 Å². The van der Waals surface area contributed by atoms with Crippen LogP contribution in [-0.2, 0) is 4.79 Å². The van der Waals surface area contributed by atoms with Gasteiger partial charge in [-0.15, -0.1) is 0 Å². The molecule has 0 unspecified atom stereocenters. The minimum Gasteiger partial charge on any atom is -0.508 e. The topological polar surface area (TPSA) is 77.8 Å². The zero-order valence-electron chi connectivity index (χ0n) is 12.2. The molecule has 114 valence electrons. The Balaban J connectivity index is 2.24. The first-order valence-corrected chi connectivity index (χ1v) is 7.24. The largest absolute Gasteiger partial charge is 0.508 e. The number of aliphatic carboxylic acids is 1. The van der Waals surface area contributed by atoms with Crippen LogP contribution in [0.25, 0.3) is 0 Å². The van der Waals surface area contributed by atoms with Crippen molar-refractivity contribution in [2.45, 2.75) is 44.1 Å². The van der Waals surface area contributed by atoms with Crippen LogP contribution in [0.2, 0.25) is 0 Å². The summed E-state index contributed by atoms with van der Waals surface area (Å²) in [6.07, 6.45) is 4.40. The number of rotatable bonds is 4. The van der Waals surface area contributed by atoms with Crippen LogP contribution in [-0.4, -0.2) is 39.6 Å². The Hall–Kier alpha value is -2.04. The van der Waals surface area contributed by atoms with Crippen LogP contribution in [0.1, 0.15) is 48.9 Å². The Morgan fingerprint density at radius 2 is 1.71 bits per heavy atom. The van der Waals surface area contributed by atoms with Crippen molar-refractivity contribution >= 4 is 11.9 Å². The van der Waals surface area contributed by atoms with Crippen molar-refractivity contribution in [3.63, 3.8) is 0 Å². The molecule has 0 atom stereocenters. The summed E-state index contributed by atoms with van der Waals surface area (Å²) in [6, 6.07) is 6.05. The number of nitrogens with zero attached hydrogens (tertiary/aromatic N) is 1. The van der Waals surface area contributed by atoms with Crippen LogP contribution in [0, 0.1) is 0 Å². The smallest absolute Gasteiger partial charge is 0.305 e. The molecular formula is C16H21NO4. The van der Waals surface area contributed by atoms with Gasteiger partial charge in [0.25, 0.3) is 5.91 Å². The molecule has 2 rings (SSSR count). The van der Waals surface area contributed by atoms with Gasteiger partial charge in [-0.1, -0.05) is 19.3 Å². The van der Waals surface area contributed by atoms with Gasteiger partial charge in [0.2, 0.25) is 0 Å². The lowest BCUT2D eigenvalue weighted by atomic mass is 9.78. The Bertz CT molecular complexity index is 518. The molecule has 1 aliphatic carbocycles. The number of carbonyl (C=O) groups excluding carboxylic acids is 1. The number of carboxylic acid groups (broad SMARTS) is 1. The highest BCUT2D eigenvalue weighted by molar-refractivity contribution is 5.95. The zero-order valence-corrected chi connectivity index (χ0v) is 12.2. The molecule has 0 saturated heterocycles. The van der Waals surface area contributed by atoms with Gasteiger partial charge < -0.3 is 15.1 Å². The van der Waals surface area contributed by atoms with E-state index >= 15 is 0 Å². The highest BCUT2D eigenvalue weighted by atomic mass is 16.4. The number of carbonyl (C=O) groups is 2. The van der Waals surface area contributed by atoms with Crippen LogP contribution in [0.3, 0.4) is 0 Å². The van der Waals surface area contributed by atoms with Gasteiger partial charge in [0.05, 0.1) is 12.0 Å². The van der Waals surface area contributed by atoms with Crippen molar-refractivity contribution in [2.24, 2.45) is 0 Å². The Morgan fingerprint density at radius 1 is 1.14 bits per heavy atom. The van der Waals surface area contributed by atoms with E-state index in [1.807, 2.05) is 0 Å². The van der Waals surface area contributed by atoms with Crippen LogP contribution in [0.15, 0.2) is 24.3 Å². The van der Waals surface area contributed by atoms with Gasteiger partial charge in [-0.3, -0.25) is 9.59 Å². The Labute approximate surface area is 124 Å². The van der Waals surface area contributed by atoms with Gasteiger partial charge in [0.1, 0.15) is 5.75 Å². The molecule has 1 amide bonds. The van der Waals surface area contributed by atoms with E-state index in [0.29, 0.717) is 5.56 Å². The predicted octanol–water partition coefficient (Wildman–Crippen LogP) is 2.64. The number of carboxylic acids is 1. The third kappa shape index (κ3) is 3.35. The molecule has 0 heterocycles. The van der Waals surface area contributed by atoms with Crippen LogP contribution < -0.4 is 0 Å². The van der Waals surface area contributed by atoms with Crippen molar-refractivity contribution < 1.29 is 19.8 Å². The minimum atomic E-state index is -0.873. The van der Waals surface area contributed by atoms with Crippen molar-refractivity contribution in [3.8, 4) is 5.75 Å². The lowest BCUT2D eigenvalue weighted by Gasteiger charge is -2.44. The van der Waals surface area contributed by atoms with E-state index in [9.17, 15) is 19.8 Å². The average molecular weight is 291 g/mol. The number of aromatic hydroxyl groups is 1. The van der Waals surface area contributed by atoms with Gasteiger partial charge >= 0.3 is 5.97 Å². The molecule has 1 aromatic carbocycles. The molecule has 5 heteroatoms. The van der Waals surface area contributed by atoms with Crippen LogP contribution in [0.5, 0.6) is 5.75 Å². The summed E-state index contributed by atoms with van der Waals surface area (Å²) in [7, 11) is 1.68. The first-order valence-electron chi connectivity index (χ1n) is 7.24. The molecule has 2 N–H and O–H groups in total. The molecule has 1 aromatic rings. The molecule has 1 aliphatic rings. The zero-order chi connectivity index (χ0) is 15.5. The van der Waals surface area contributed by atoms with Crippen molar-refractivity contribution in [3.05, 3.63) is 29.8 Å². The van der Waals surface area contributed by atoms with Crippen LogP contribution >= 0.6 is 0 Å². The summed E-state index contributed by atoms with van der Waals surface area (Å²) in [6.45, 7) is 0. The molecule has 0 bridgehead atoms. The Kier molecular flexibility index (Phi) is 4.50. The molecule has 21 heavy (non-hydrogen) atoms. The summed E-state index contributed by atoms with van der Waals surface area (Å²) in [5.41, 5.74) is -0.135. The third-order valence-electron chi connectivity index (χ3n) is 4.39. The summed E-state index contributed by atoms with van der Waals surface area (Å²) in [5.74, 6) is -0.965. The molecule has 0 aromatic heterocycles. The van der Waals surface area contributed by atoms with E-state index in [2.05, 4.69) is 0 Å². The van der Waals surface area contributed by atoms with E-state index in [1.54, 1.807) is 24.1 Å². The number of hydrogen-bond acceptors (Lipinski definition) is 3. The quantitative estimate of drug-likeness (QED) is 0.894. The number of phenols is 1. The fourth-order valence-corrected chi connectivity index (χ4v) is 3.14. The first kappa shape index (κ1) is 15.4. The van der Waals surface area contributed by atoms with Crippen LogP contribution in [0.4, 0.5) is 0 Å². The number of phenolic OH excluding ortho intramolecular Hbond substituents is 1. The maximum absolute atomic E-state index is 12.6. The Morgan fingerprint density at radius 3 is 2.24 bits per heavy atom. The second-order valence-corrected chi connectivity index (χ2v) is 5.77. The fraction of sp³-hybridized carbons (Fsp3) is 0.500. The molecular weight excluding hydrogens is 270 g/mol. The first-order chi connectivity index (χ1) is 9.94. The summed E-state index contributed by atoms with van der Waals surface area (Å²) in [4.78, 5) is 25.4. The molecule has 1 fully saturated rings. The third-order valence-corrected chi connectivity index (χ3v) is 4.39. The van der Waals surface area contributed by atoms with E-state index in [0.717, 1.165) is 32.1 Å². The summed E-state index contributed by atoms with van der Waals surface area (Å²) in [5, 5.41) is 18.5. The predicted molar refractivity (Wildman–Crippen MR) is 78.3 cm³/mol. The van der Waals surface area contributed by atoms with E-state index in [1.165, 1.54) is 12.1 Å². The SMILES string of the molecule is CN(C(=O)c1ccc(O)cc1)C1(CC(=O)O)CCCCC1. The number of hydrogen-bond donors (Lipinski definition) is 2. The summed E-state index contributed by atoms with van der Waals surface area (Å²) < 4.78 is 0. The highest BCUT2D eigenvalue weighted by Gasteiger charge is 2.40. The monoisotopic (exact) mass is 291 g/mol. The van der Waals surface area contributed by atoms with E-state index < -0.39 is 11.5 Å². The van der Waals surface area contributed by atoms with Crippen molar-refractivity contribution in [1.82, 2.24) is 4.90 Å². The van der Waals surface area contributed by atoms with Crippen molar-refractivity contribution in [1.29, 1.82) is 0 Å². The molecule has 0 spiro atoms. The highest BCUT2D eigenvalue weighted by Crippen LogP contribution is 2.36. The van der Waals surface area contributed by atoms with E-state index in [4.69, 9.17) is 0 Å². The normalized spacial score (nSPS) is 17.2. The number of benzene rings is 1. The lowest BCUT2D eigenvalue weighted by Crippen LogP contribution is -2.52. The second kappa shape index (κ2) is 6.16. The van der Waals surface area contributed by atoms with Gasteiger partial charge in [0.15, 0.2) is 0 Å². The number of amides is 1. The van der Waals surface area contributed by atoms with Gasteiger partial charge in [-0.2, -0.15) is 0 Å². The van der Waals surface area contributed by atoms with Gasteiger partial charge in [-0.25, -0.2) is 0 Å². The fourth-order valence-electron chi connectivity index (χ4n) is 3.14. The van der Waals surface area contributed by atoms with Crippen molar-refractivity contribution in [2.75, 3.05) is 7.05 Å². The average Bonchev–Trinajstić information content (AvgIpc) is 2.47. The standard InChI is InChI=1S/C16H21NO4/c1-17(15(21)12-5-7-13(18)8-6-12)16(11-14(19)20)9-3-2-4-10-16/h5-8,18H,2-4,9-11H2,1H3,(H,19,20).